The molecule has 1 N–H and O–H groups in total. The van der Waals surface area contributed by atoms with E-state index in [1.54, 1.807) is 45.0 Å². The minimum absolute atomic E-state index is 0.0742. The van der Waals surface area contributed by atoms with E-state index in [0.29, 0.717) is 17.9 Å². The van der Waals surface area contributed by atoms with Crippen molar-refractivity contribution < 1.29 is 27.5 Å². The van der Waals surface area contributed by atoms with Gasteiger partial charge in [-0.25, -0.2) is 8.42 Å². The van der Waals surface area contributed by atoms with Crippen LogP contribution in [-0.4, -0.2) is 63.9 Å². The van der Waals surface area contributed by atoms with Gasteiger partial charge in [-0.3, -0.25) is 19.2 Å². The second-order valence-corrected chi connectivity index (χ2v) is 15.2. The van der Waals surface area contributed by atoms with Gasteiger partial charge in [0.25, 0.3) is 17.4 Å². The minimum Gasteiger partial charge on any atom is -0.459 e. The van der Waals surface area contributed by atoms with Crippen LogP contribution in [0.3, 0.4) is 0 Å². The Balaban J connectivity index is 1.50. The number of hydrogen-bond acceptors (Lipinski definition) is 7. The molecule has 12 heteroatoms. The first-order valence-corrected chi connectivity index (χ1v) is 14.9. The minimum atomic E-state index is -4.05. The van der Waals surface area contributed by atoms with E-state index in [1.807, 2.05) is 0 Å². The van der Waals surface area contributed by atoms with Crippen LogP contribution < -0.4 is 10.9 Å². The Bertz CT molecular complexity index is 1520. The highest BCUT2D eigenvalue weighted by Crippen LogP contribution is 2.49. The molecule has 4 rings (SSSR count). The predicted octanol–water partition coefficient (Wildman–Crippen LogP) is 2.96. The fraction of sp³-hybridized carbons (Fsp3) is 0.500. The van der Waals surface area contributed by atoms with Crippen molar-refractivity contribution in [3.05, 3.63) is 68.6 Å². The monoisotopic (exact) mass is 591 g/mol. The van der Waals surface area contributed by atoms with Crippen molar-refractivity contribution in [2.45, 2.75) is 75.6 Å². The van der Waals surface area contributed by atoms with E-state index in [9.17, 15) is 27.6 Å². The molecule has 1 aliphatic heterocycles. The van der Waals surface area contributed by atoms with E-state index in [-0.39, 0.29) is 37.4 Å². The van der Waals surface area contributed by atoms with Crippen molar-refractivity contribution in [3.8, 4) is 0 Å². The van der Waals surface area contributed by atoms with Gasteiger partial charge in [-0.1, -0.05) is 23.7 Å². The molecule has 0 bridgehead atoms. The molecule has 0 saturated heterocycles. The molecule has 1 fully saturated rings. The molecule has 2 amide bonds. The summed E-state index contributed by atoms with van der Waals surface area (Å²) in [4.78, 5) is 53.4. The number of sulfone groups is 1. The number of rotatable bonds is 8. The Morgan fingerprint density at radius 2 is 1.62 bits per heavy atom. The van der Waals surface area contributed by atoms with Crippen LogP contribution in [0.2, 0.25) is 5.02 Å². The maximum Gasteiger partial charge on any atom is 0.327 e. The maximum absolute atomic E-state index is 13.7. The first-order chi connectivity index (χ1) is 18.5. The van der Waals surface area contributed by atoms with Crippen LogP contribution in [0, 0.1) is 0 Å². The quantitative estimate of drug-likeness (QED) is 0.467. The SMILES string of the molecule is CC(C)(C)OC(=O)C(C)(C)S(=O)(=O)C1(CN2CCn3c(ccc(C(=O)NCc4ccc(Cl)cc4)c3=O)C2=O)CC1. The molecule has 1 aromatic heterocycles. The summed E-state index contributed by atoms with van der Waals surface area (Å²) < 4.78 is 31.0. The largest absolute Gasteiger partial charge is 0.459 e. The number of esters is 1. The molecular weight excluding hydrogens is 558 g/mol. The molecule has 2 heterocycles. The zero-order valence-corrected chi connectivity index (χ0v) is 24.8. The molecule has 1 aromatic carbocycles. The zero-order chi connectivity index (χ0) is 29.7. The predicted molar refractivity (Wildman–Crippen MR) is 150 cm³/mol. The first-order valence-electron chi connectivity index (χ1n) is 13.0. The van der Waals surface area contributed by atoms with Gasteiger partial charge in [0, 0.05) is 31.2 Å². The molecule has 0 radical (unpaired) electrons. The van der Waals surface area contributed by atoms with Gasteiger partial charge < -0.3 is 19.5 Å². The molecule has 2 aliphatic rings. The highest BCUT2D eigenvalue weighted by atomic mass is 35.5. The Kier molecular flexibility index (Phi) is 7.70. The van der Waals surface area contributed by atoms with Gasteiger partial charge in [-0.15, -0.1) is 0 Å². The third-order valence-corrected chi connectivity index (χ3v) is 10.7. The van der Waals surface area contributed by atoms with Crippen LogP contribution in [0.5, 0.6) is 0 Å². The number of ether oxygens (including phenoxy) is 1. The van der Waals surface area contributed by atoms with Gasteiger partial charge >= 0.3 is 5.97 Å². The molecule has 216 valence electrons. The average molecular weight is 592 g/mol. The van der Waals surface area contributed by atoms with Gasteiger partial charge in [0.15, 0.2) is 14.6 Å². The van der Waals surface area contributed by atoms with E-state index in [0.717, 1.165) is 5.56 Å². The number of benzene rings is 1. The summed E-state index contributed by atoms with van der Waals surface area (Å²) in [6, 6.07) is 9.63. The van der Waals surface area contributed by atoms with E-state index in [1.165, 1.54) is 35.4 Å². The summed E-state index contributed by atoms with van der Waals surface area (Å²) >= 11 is 5.88. The molecular formula is C28H34ClN3O7S. The number of nitrogens with zero attached hydrogens (tertiary/aromatic N) is 2. The number of carbonyl (C=O) groups is 3. The van der Waals surface area contributed by atoms with Gasteiger partial charge in [-0.2, -0.15) is 0 Å². The summed E-state index contributed by atoms with van der Waals surface area (Å²) in [5.41, 5.74) is -0.671. The summed E-state index contributed by atoms with van der Waals surface area (Å²) in [5.74, 6) is -1.92. The highest BCUT2D eigenvalue weighted by molar-refractivity contribution is 7.95. The molecule has 0 spiro atoms. The lowest BCUT2D eigenvalue weighted by Gasteiger charge is -2.36. The number of nitrogens with one attached hydrogen (secondary N) is 1. The maximum atomic E-state index is 13.7. The normalized spacial score (nSPS) is 16.8. The topological polar surface area (TPSA) is 132 Å². The lowest BCUT2D eigenvalue weighted by Crippen LogP contribution is -2.55. The molecule has 2 aromatic rings. The summed E-state index contributed by atoms with van der Waals surface area (Å²) in [5, 5.41) is 3.27. The number of aromatic nitrogens is 1. The fourth-order valence-electron chi connectivity index (χ4n) is 4.73. The van der Waals surface area contributed by atoms with Crippen LogP contribution in [0.15, 0.2) is 41.2 Å². The standard InChI is InChI=1S/C28H34ClN3O7S/c1-26(2,3)39-25(36)27(4,5)40(37,38)28(12-13-28)17-31-14-15-32-21(24(31)35)11-10-20(23(32)34)22(33)30-16-18-6-8-19(29)9-7-18/h6-11H,12-17H2,1-5H3,(H,30,33). The van der Waals surface area contributed by atoms with Crippen molar-refractivity contribution >= 4 is 39.2 Å². The van der Waals surface area contributed by atoms with Gasteiger partial charge in [0.05, 0.1) is 4.75 Å². The first kappa shape index (κ1) is 29.8. The lowest BCUT2D eigenvalue weighted by atomic mass is 10.1. The number of halogens is 1. The fourth-order valence-corrected chi connectivity index (χ4v) is 7.16. The molecule has 40 heavy (non-hydrogen) atoms. The summed E-state index contributed by atoms with van der Waals surface area (Å²) in [6.07, 6.45) is 0.621. The molecule has 0 unspecified atom stereocenters. The highest BCUT2D eigenvalue weighted by Gasteiger charge is 2.63. The van der Waals surface area contributed by atoms with Crippen LogP contribution in [0.1, 0.15) is 73.9 Å². The Morgan fingerprint density at radius 3 is 2.20 bits per heavy atom. The summed E-state index contributed by atoms with van der Waals surface area (Å²) in [6.45, 7) is 7.96. The van der Waals surface area contributed by atoms with Crippen molar-refractivity contribution in [1.29, 1.82) is 0 Å². The molecule has 10 nitrogen and oxygen atoms in total. The third-order valence-electron chi connectivity index (χ3n) is 7.30. The average Bonchev–Trinajstić information content (AvgIpc) is 3.66. The Labute approximate surface area is 238 Å². The third kappa shape index (κ3) is 5.54. The van der Waals surface area contributed by atoms with E-state index in [4.69, 9.17) is 16.3 Å². The Morgan fingerprint density at radius 1 is 1.00 bits per heavy atom. The van der Waals surface area contributed by atoms with Crippen LogP contribution in [0.4, 0.5) is 0 Å². The summed E-state index contributed by atoms with van der Waals surface area (Å²) in [7, 11) is -4.05. The van der Waals surface area contributed by atoms with Crippen molar-refractivity contribution in [3.63, 3.8) is 0 Å². The molecule has 1 saturated carbocycles. The van der Waals surface area contributed by atoms with Crippen molar-refractivity contribution in [1.82, 2.24) is 14.8 Å². The number of hydrogen-bond donors (Lipinski definition) is 1. The van der Waals surface area contributed by atoms with E-state index >= 15 is 0 Å². The van der Waals surface area contributed by atoms with E-state index in [2.05, 4.69) is 5.32 Å². The lowest BCUT2D eigenvalue weighted by molar-refractivity contribution is -0.157. The van der Waals surface area contributed by atoms with Gasteiger partial charge in [0.1, 0.15) is 16.9 Å². The van der Waals surface area contributed by atoms with Crippen LogP contribution in [-0.2, 0) is 32.5 Å². The second kappa shape index (κ2) is 10.3. The number of fused-ring (bicyclic) bond motifs is 1. The zero-order valence-electron chi connectivity index (χ0n) is 23.2. The Hall–Kier alpha value is -3.18. The van der Waals surface area contributed by atoms with Crippen LogP contribution in [0.25, 0.3) is 0 Å². The second-order valence-electron chi connectivity index (χ2n) is 11.8. The number of pyridine rings is 1. The van der Waals surface area contributed by atoms with Gasteiger partial charge in [-0.05, 0) is 77.3 Å². The molecule has 0 atom stereocenters. The van der Waals surface area contributed by atoms with Crippen molar-refractivity contribution in [2.75, 3.05) is 13.1 Å². The van der Waals surface area contributed by atoms with Gasteiger partial charge in [0.2, 0.25) is 0 Å². The van der Waals surface area contributed by atoms with Crippen LogP contribution >= 0.6 is 11.6 Å². The van der Waals surface area contributed by atoms with Crippen molar-refractivity contribution in [2.24, 2.45) is 0 Å². The number of amides is 2. The molecule has 1 aliphatic carbocycles. The van der Waals surface area contributed by atoms with E-state index < -0.39 is 48.3 Å². The smallest absolute Gasteiger partial charge is 0.327 e. The number of carbonyl (C=O) groups excluding carboxylic acids is 3.